The highest BCUT2D eigenvalue weighted by Crippen LogP contribution is 2.30. The van der Waals surface area contributed by atoms with Crippen LogP contribution in [0.4, 0.5) is 5.69 Å². The maximum absolute atomic E-state index is 12.2. The second-order valence-electron chi connectivity index (χ2n) is 4.03. The van der Waals surface area contributed by atoms with E-state index in [1.165, 1.54) is 0 Å². The van der Waals surface area contributed by atoms with E-state index >= 15 is 0 Å². The van der Waals surface area contributed by atoms with Crippen molar-refractivity contribution in [1.82, 2.24) is 9.78 Å². The van der Waals surface area contributed by atoms with E-state index in [-0.39, 0.29) is 5.91 Å². The van der Waals surface area contributed by atoms with Gasteiger partial charge in [-0.3, -0.25) is 9.48 Å². The standard InChI is InChI=1S/C12H10IN3O/c1-15-6-8(5-14-15)16-7-10-9(12(16)17)3-2-4-11(10)13/h2-6H,7H2,1H3. The zero-order valence-corrected chi connectivity index (χ0v) is 11.4. The number of halogens is 1. The molecule has 0 saturated carbocycles. The summed E-state index contributed by atoms with van der Waals surface area (Å²) in [6.45, 7) is 0.638. The van der Waals surface area contributed by atoms with Crippen LogP contribution in [0.5, 0.6) is 0 Å². The third kappa shape index (κ3) is 1.65. The minimum atomic E-state index is 0.0616. The van der Waals surface area contributed by atoms with E-state index in [0.717, 1.165) is 20.4 Å². The molecule has 2 heterocycles. The van der Waals surface area contributed by atoms with Crippen LogP contribution in [0.25, 0.3) is 0 Å². The summed E-state index contributed by atoms with van der Waals surface area (Å²) in [5, 5.41) is 4.10. The third-order valence-corrected chi connectivity index (χ3v) is 3.92. The Bertz CT molecular complexity index is 606. The normalized spacial score (nSPS) is 14.2. The maximum atomic E-state index is 12.2. The highest BCUT2D eigenvalue weighted by Gasteiger charge is 2.30. The molecule has 0 bridgehead atoms. The number of carbonyl (C=O) groups excluding carboxylic acids is 1. The van der Waals surface area contributed by atoms with Crippen molar-refractivity contribution < 1.29 is 4.79 Å². The SMILES string of the molecule is Cn1cc(N2Cc3c(I)cccc3C2=O)cn1. The first-order valence-corrected chi connectivity index (χ1v) is 6.32. The highest BCUT2D eigenvalue weighted by atomic mass is 127. The predicted molar refractivity (Wildman–Crippen MR) is 72.9 cm³/mol. The van der Waals surface area contributed by atoms with Gasteiger partial charge in [0.25, 0.3) is 5.91 Å². The molecule has 0 unspecified atom stereocenters. The molecule has 4 nitrogen and oxygen atoms in total. The van der Waals surface area contributed by atoms with Gasteiger partial charge in [0.05, 0.1) is 18.4 Å². The van der Waals surface area contributed by atoms with Gasteiger partial charge in [0.2, 0.25) is 0 Å². The Morgan fingerprint density at radius 1 is 1.41 bits per heavy atom. The van der Waals surface area contributed by atoms with Crippen molar-refractivity contribution in [3.63, 3.8) is 0 Å². The minimum Gasteiger partial charge on any atom is -0.301 e. The molecule has 1 aliphatic heterocycles. The number of rotatable bonds is 1. The molecule has 1 aliphatic rings. The van der Waals surface area contributed by atoms with E-state index in [2.05, 4.69) is 27.7 Å². The van der Waals surface area contributed by atoms with Gasteiger partial charge in [-0.05, 0) is 40.3 Å². The van der Waals surface area contributed by atoms with Gasteiger partial charge in [-0.1, -0.05) is 6.07 Å². The molecule has 0 fully saturated rings. The topological polar surface area (TPSA) is 38.1 Å². The maximum Gasteiger partial charge on any atom is 0.259 e. The van der Waals surface area contributed by atoms with Gasteiger partial charge in [0.1, 0.15) is 0 Å². The number of aryl methyl sites for hydroxylation is 1. The summed E-state index contributed by atoms with van der Waals surface area (Å²) in [5.74, 6) is 0.0616. The largest absolute Gasteiger partial charge is 0.301 e. The molecule has 0 radical (unpaired) electrons. The number of benzene rings is 1. The smallest absolute Gasteiger partial charge is 0.259 e. The predicted octanol–water partition coefficient (Wildman–Crippen LogP) is 2.19. The van der Waals surface area contributed by atoms with Gasteiger partial charge in [0.15, 0.2) is 0 Å². The Labute approximate surface area is 112 Å². The Morgan fingerprint density at radius 2 is 2.24 bits per heavy atom. The zero-order valence-electron chi connectivity index (χ0n) is 9.22. The molecule has 3 rings (SSSR count). The minimum absolute atomic E-state index is 0.0616. The second-order valence-corrected chi connectivity index (χ2v) is 5.19. The van der Waals surface area contributed by atoms with Crippen LogP contribution in [-0.2, 0) is 13.6 Å². The van der Waals surface area contributed by atoms with Crippen LogP contribution in [0.3, 0.4) is 0 Å². The Kier molecular flexibility index (Phi) is 2.43. The van der Waals surface area contributed by atoms with E-state index < -0.39 is 0 Å². The number of aromatic nitrogens is 2. The monoisotopic (exact) mass is 339 g/mol. The summed E-state index contributed by atoms with van der Waals surface area (Å²) in [6, 6.07) is 5.83. The van der Waals surface area contributed by atoms with Crippen molar-refractivity contribution in [2.45, 2.75) is 6.54 Å². The molecule has 1 aromatic heterocycles. The highest BCUT2D eigenvalue weighted by molar-refractivity contribution is 14.1. The van der Waals surface area contributed by atoms with E-state index in [4.69, 9.17) is 0 Å². The van der Waals surface area contributed by atoms with Crippen LogP contribution in [-0.4, -0.2) is 15.7 Å². The van der Waals surface area contributed by atoms with Gasteiger partial charge in [-0.25, -0.2) is 0 Å². The van der Waals surface area contributed by atoms with Crippen molar-refractivity contribution in [1.29, 1.82) is 0 Å². The molecule has 5 heteroatoms. The molecule has 1 aromatic carbocycles. The number of hydrogen-bond donors (Lipinski definition) is 0. The van der Waals surface area contributed by atoms with Crippen LogP contribution >= 0.6 is 22.6 Å². The molecule has 0 N–H and O–H groups in total. The molecule has 86 valence electrons. The number of anilines is 1. The van der Waals surface area contributed by atoms with Gasteiger partial charge in [-0.2, -0.15) is 5.10 Å². The van der Waals surface area contributed by atoms with Crippen LogP contribution < -0.4 is 4.90 Å². The van der Waals surface area contributed by atoms with Crippen molar-refractivity contribution in [2.75, 3.05) is 4.90 Å². The molecule has 2 aromatic rings. The van der Waals surface area contributed by atoms with Gasteiger partial charge in [0, 0.05) is 22.4 Å². The molecule has 0 atom stereocenters. The van der Waals surface area contributed by atoms with Gasteiger partial charge >= 0.3 is 0 Å². The lowest BCUT2D eigenvalue weighted by atomic mass is 10.1. The number of amides is 1. The molecule has 0 aliphatic carbocycles. The van der Waals surface area contributed by atoms with E-state index in [9.17, 15) is 4.79 Å². The molecule has 0 saturated heterocycles. The Hall–Kier alpha value is -1.37. The lowest BCUT2D eigenvalue weighted by molar-refractivity contribution is 0.0996. The fourth-order valence-electron chi connectivity index (χ4n) is 2.05. The van der Waals surface area contributed by atoms with Crippen LogP contribution in [0, 0.1) is 3.57 Å². The van der Waals surface area contributed by atoms with Crippen LogP contribution in [0.2, 0.25) is 0 Å². The van der Waals surface area contributed by atoms with E-state index in [1.54, 1.807) is 15.8 Å². The molecule has 1 amide bonds. The van der Waals surface area contributed by atoms with Crippen molar-refractivity contribution in [3.8, 4) is 0 Å². The summed E-state index contributed by atoms with van der Waals surface area (Å²) in [4.78, 5) is 14.0. The second kappa shape index (κ2) is 3.83. The van der Waals surface area contributed by atoms with E-state index in [0.29, 0.717) is 6.54 Å². The number of hydrogen-bond acceptors (Lipinski definition) is 2. The number of nitrogens with zero attached hydrogens (tertiary/aromatic N) is 3. The van der Waals surface area contributed by atoms with Crippen molar-refractivity contribution in [2.24, 2.45) is 7.05 Å². The van der Waals surface area contributed by atoms with Crippen LogP contribution in [0.1, 0.15) is 15.9 Å². The summed E-state index contributed by atoms with van der Waals surface area (Å²) in [7, 11) is 1.85. The van der Waals surface area contributed by atoms with Crippen molar-refractivity contribution in [3.05, 3.63) is 45.3 Å². The zero-order chi connectivity index (χ0) is 12.0. The Morgan fingerprint density at radius 3 is 2.88 bits per heavy atom. The summed E-state index contributed by atoms with van der Waals surface area (Å²) in [6.07, 6.45) is 3.58. The Balaban J connectivity index is 2.04. The molecule has 17 heavy (non-hydrogen) atoms. The average molecular weight is 339 g/mol. The summed E-state index contributed by atoms with van der Waals surface area (Å²) >= 11 is 2.27. The first-order chi connectivity index (χ1) is 8.16. The lowest BCUT2D eigenvalue weighted by Crippen LogP contribution is -2.22. The molecular formula is C12H10IN3O. The first-order valence-electron chi connectivity index (χ1n) is 5.25. The first kappa shape index (κ1) is 10.8. The van der Waals surface area contributed by atoms with Gasteiger partial charge < -0.3 is 4.90 Å². The fourth-order valence-corrected chi connectivity index (χ4v) is 2.72. The summed E-state index contributed by atoms with van der Waals surface area (Å²) in [5.41, 5.74) is 2.77. The van der Waals surface area contributed by atoms with Crippen LogP contribution in [0.15, 0.2) is 30.6 Å². The molecular weight excluding hydrogens is 329 g/mol. The molecule has 0 spiro atoms. The quantitative estimate of drug-likeness (QED) is 0.747. The summed E-state index contributed by atoms with van der Waals surface area (Å²) < 4.78 is 2.84. The number of fused-ring (bicyclic) bond motifs is 1. The fraction of sp³-hybridized carbons (Fsp3) is 0.167. The van der Waals surface area contributed by atoms with Gasteiger partial charge in [-0.15, -0.1) is 0 Å². The average Bonchev–Trinajstić information content (AvgIpc) is 2.85. The lowest BCUT2D eigenvalue weighted by Gasteiger charge is -2.12. The van der Waals surface area contributed by atoms with E-state index in [1.807, 2.05) is 31.4 Å². The third-order valence-electron chi connectivity index (χ3n) is 2.91. The van der Waals surface area contributed by atoms with Crippen molar-refractivity contribution >= 4 is 34.2 Å². The number of carbonyl (C=O) groups is 1.